The quantitative estimate of drug-likeness (QED) is 0.625. The summed E-state index contributed by atoms with van der Waals surface area (Å²) in [7, 11) is 2.95. The van der Waals surface area contributed by atoms with Crippen LogP contribution in [0.15, 0.2) is 53.6 Å². The highest BCUT2D eigenvalue weighted by Crippen LogP contribution is 2.28. The van der Waals surface area contributed by atoms with Crippen LogP contribution in [0.2, 0.25) is 0 Å². The normalized spacial score (nSPS) is 11.8. The SMILES string of the molecule is COC(=O)C[C@@H](c1cccnc1)c1c(Cc2ccc(OC)cc2)[nH][nH]c1=O. The number of pyridine rings is 1. The second-order valence-corrected chi connectivity index (χ2v) is 6.12. The average Bonchev–Trinajstić information content (AvgIpc) is 3.07. The highest BCUT2D eigenvalue weighted by molar-refractivity contribution is 5.71. The van der Waals surface area contributed by atoms with Crippen molar-refractivity contribution in [3.63, 3.8) is 0 Å². The summed E-state index contributed by atoms with van der Waals surface area (Å²) in [4.78, 5) is 28.6. The number of carbonyl (C=O) groups excluding carboxylic acids is 1. The molecule has 3 aromatic rings. The van der Waals surface area contributed by atoms with Gasteiger partial charge >= 0.3 is 5.97 Å². The first kappa shape index (κ1) is 18.4. The molecule has 0 aliphatic heterocycles. The van der Waals surface area contributed by atoms with Crippen molar-refractivity contribution >= 4 is 5.97 Å². The van der Waals surface area contributed by atoms with E-state index in [0.29, 0.717) is 12.0 Å². The first-order valence-corrected chi connectivity index (χ1v) is 8.51. The van der Waals surface area contributed by atoms with E-state index in [1.54, 1.807) is 25.6 Å². The number of hydrogen-bond donors (Lipinski definition) is 2. The summed E-state index contributed by atoms with van der Waals surface area (Å²) < 4.78 is 10.0. The van der Waals surface area contributed by atoms with Gasteiger partial charge in [0.05, 0.1) is 20.6 Å². The highest BCUT2D eigenvalue weighted by atomic mass is 16.5. The van der Waals surface area contributed by atoms with Crippen molar-refractivity contribution in [1.29, 1.82) is 0 Å². The zero-order chi connectivity index (χ0) is 19.2. The van der Waals surface area contributed by atoms with Gasteiger partial charge in [-0.2, -0.15) is 0 Å². The fourth-order valence-corrected chi connectivity index (χ4v) is 3.08. The molecule has 27 heavy (non-hydrogen) atoms. The lowest BCUT2D eigenvalue weighted by Crippen LogP contribution is -2.18. The summed E-state index contributed by atoms with van der Waals surface area (Å²) in [6.07, 6.45) is 3.88. The third-order valence-corrected chi connectivity index (χ3v) is 4.47. The lowest BCUT2D eigenvalue weighted by molar-refractivity contribution is -0.140. The number of benzene rings is 1. The molecule has 0 amide bonds. The predicted octanol–water partition coefficient (Wildman–Crippen LogP) is 2.39. The minimum atomic E-state index is -0.450. The number of aromatic amines is 2. The Hall–Kier alpha value is -3.35. The molecule has 2 aromatic heterocycles. The van der Waals surface area contributed by atoms with E-state index in [1.807, 2.05) is 30.3 Å². The van der Waals surface area contributed by atoms with Gasteiger partial charge in [-0.05, 0) is 29.3 Å². The number of rotatable bonds is 7. The first-order valence-electron chi connectivity index (χ1n) is 8.51. The second kappa shape index (κ2) is 8.35. The number of nitrogens with zero attached hydrogens (tertiary/aromatic N) is 1. The van der Waals surface area contributed by atoms with Crippen LogP contribution in [0.5, 0.6) is 5.75 Å². The molecule has 1 atom stereocenters. The van der Waals surface area contributed by atoms with Gasteiger partial charge < -0.3 is 14.6 Å². The average molecular weight is 367 g/mol. The minimum absolute atomic E-state index is 0.0543. The van der Waals surface area contributed by atoms with Crippen molar-refractivity contribution in [3.8, 4) is 5.75 Å². The van der Waals surface area contributed by atoms with Crippen LogP contribution >= 0.6 is 0 Å². The molecule has 2 heterocycles. The maximum Gasteiger partial charge on any atom is 0.306 e. The largest absolute Gasteiger partial charge is 0.497 e. The summed E-state index contributed by atoms with van der Waals surface area (Å²) in [5.41, 5.74) is 2.78. The fourth-order valence-electron chi connectivity index (χ4n) is 3.08. The van der Waals surface area contributed by atoms with Crippen molar-refractivity contribution in [3.05, 3.63) is 81.5 Å². The van der Waals surface area contributed by atoms with Crippen LogP contribution in [-0.4, -0.2) is 35.4 Å². The molecule has 0 aliphatic carbocycles. The van der Waals surface area contributed by atoms with Gasteiger partial charge in [0, 0.05) is 36.0 Å². The number of carbonyl (C=O) groups is 1. The van der Waals surface area contributed by atoms with Crippen molar-refractivity contribution in [2.75, 3.05) is 14.2 Å². The van der Waals surface area contributed by atoms with E-state index in [1.165, 1.54) is 7.11 Å². The first-order chi connectivity index (χ1) is 13.1. The van der Waals surface area contributed by atoms with E-state index in [4.69, 9.17) is 9.47 Å². The van der Waals surface area contributed by atoms with Gasteiger partial charge in [-0.15, -0.1) is 0 Å². The van der Waals surface area contributed by atoms with Crippen LogP contribution < -0.4 is 10.3 Å². The van der Waals surface area contributed by atoms with Crippen molar-refractivity contribution in [1.82, 2.24) is 15.2 Å². The Morgan fingerprint density at radius 3 is 2.56 bits per heavy atom. The smallest absolute Gasteiger partial charge is 0.306 e. The molecule has 3 rings (SSSR count). The van der Waals surface area contributed by atoms with E-state index in [0.717, 1.165) is 22.6 Å². The van der Waals surface area contributed by atoms with Crippen LogP contribution in [0.4, 0.5) is 0 Å². The molecule has 0 saturated carbocycles. The minimum Gasteiger partial charge on any atom is -0.497 e. The maximum atomic E-state index is 12.5. The Morgan fingerprint density at radius 2 is 1.93 bits per heavy atom. The number of nitrogens with one attached hydrogen (secondary N) is 2. The number of hydrogen-bond acceptors (Lipinski definition) is 5. The molecule has 0 bridgehead atoms. The molecule has 0 unspecified atom stereocenters. The van der Waals surface area contributed by atoms with E-state index in [2.05, 4.69) is 15.2 Å². The topological polar surface area (TPSA) is 97.1 Å². The Bertz CT molecular complexity index is 945. The van der Waals surface area contributed by atoms with Crippen LogP contribution in [0, 0.1) is 0 Å². The van der Waals surface area contributed by atoms with Gasteiger partial charge in [0.25, 0.3) is 5.56 Å². The van der Waals surface area contributed by atoms with E-state index in [9.17, 15) is 9.59 Å². The Labute approximate surface area is 156 Å². The molecule has 0 aliphatic rings. The van der Waals surface area contributed by atoms with Crippen LogP contribution in [-0.2, 0) is 16.0 Å². The van der Waals surface area contributed by atoms with Crippen molar-refractivity contribution in [2.24, 2.45) is 0 Å². The van der Waals surface area contributed by atoms with Crippen LogP contribution in [0.3, 0.4) is 0 Å². The summed E-state index contributed by atoms with van der Waals surface area (Å²) in [5.74, 6) is -0.0743. The third kappa shape index (κ3) is 4.25. The lowest BCUT2D eigenvalue weighted by Gasteiger charge is -2.16. The van der Waals surface area contributed by atoms with Crippen LogP contribution in [0.1, 0.15) is 34.7 Å². The molecule has 0 spiro atoms. The summed E-state index contributed by atoms with van der Waals surface area (Å²) in [5, 5.41) is 5.60. The van der Waals surface area contributed by atoms with Gasteiger partial charge in [0.15, 0.2) is 0 Å². The Balaban J connectivity index is 1.98. The second-order valence-electron chi connectivity index (χ2n) is 6.12. The highest BCUT2D eigenvalue weighted by Gasteiger charge is 2.26. The van der Waals surface area contributed by atoms with Gasteiger partial charge in [-0.3, -0.25) is 19.7 Å². The third-order valence-electron chi connectivity index (χ3n) is 4.47. The van der Waals surface area contributed by atoms with Gasteiger partial charge in [-0.25, -0.2) is 0 Å². The number of H-pyrrole nitrogens is 2. The monoisotopic (exact) mass is 367 g/mol. The van der Waals surface area contributed by atoms with Crippen molar-refractivity contribution < 1.29 is 14.3 Å². The van der Waals surface area contributed by atoms with E-state index < -0.39 is 5.92 Å². The van der Waals surface area contributed by atoms with E-state index >= 15 is 0 Å². The number of esters is 1. The molecule has 140 valence electrons. The number of ether oxygens (including phenoxy) is 2. The zero-order valence-corrected chi connectivity index (χ0v) is 15.2. The zero-order valence-electron chi connectivity index (χ0n) is 15.2. The maximum absolute atomic E-state index is 12.5. The summed E-state index contributed by atoms with van der Waals surface area (Å²) in [6, 6.07) is 11.2. The van der Waals surface area contributed by atoms with Crippen LogP contribution in [0.25, 0.3) is 0 Å². The lowest BCUT2D eigenvalue weighted by atomic mass is 9.88. The van der Waals surface area contributed by atoms with E-state index in [-0.39, 0.29) is 17.9 Å². The number of aromatic nitrogens is 3. The molecule has 0 radical (unpaired) electrons. The molecule has 7 heteroatoms. The molecule has 0 fully saturated rings. The van der Waals surface area contributed by atoms with Gasteiger partial charge in [0.1, 0.15) is 5.75 Å². The fraction of sp³-hybridized carbons (Fsp3) is 0.250. The molecule has 2 N–H and O–H groups in total. The molecular weight excluding hydrogens is 346 g/mol. The van der Waals surface area contributed by atoms with Gasteiger partial charge in [-0.1, -0.05) is 18.2 Å². The number of methoxy groups -OCH3 is 2. The molecule has 7 nitrogen and oxygen atoms in total. The van der Waals surface area contributed by atoms with Crippen molar-refractivity contribution in [2.45, 2.75) is 18.8 Å². The standard InChI is InChI=1S/C20H21N3O4/c1-26-15-7-5-13(6-8-15)10-17-19(20(25)23-22-17)16(11-18(24)27-2)14-4-3-9-21-12-14/h3-9,12,16H,10-11H2,1-2H3,(H2,22,23,25)/t16-/m0/s1. The Kier molecular flexibility index (Phi) is 5.71. The molecule has 0 saturated heterocycles. The predicted molar refractivity (Wildman–Crippen MR) is 99.9 cm³/mol. The molecule has 1 aromatic carbocycles. The Morgan fingerprint density at radius 1 is 1.15 bits per heavy atom. The summed E-state index contributed by atoms with van der Waals surface area (Å²) in [6.45, 7) is 0. The molecular formula is C20H21N3O4. The van der Waals surface area contributed by atoms with Gasteiger partial charge in [0.2, 0.25) is 0 Å². The summed E-state index contributed by atoms with van der Waals surface area (Å²) >= 11 is 0.